The fraction of sp³-hybridized carbons (Fsp3) is 0.476. The van der Waals surface area contributed by atoms with E-state index in [0.29, 0.717) is 6.08 Å². The van der Waals surface area contributed by atoms with Crippen LogP contribution in [-0.2, 0) is 52.5 Å². The zero-order chi connectivity index (χ0) is 26.6. The molecule has 14 nitrogen and oxygen atoms in total. The average molecular weight is 497 g/mol. The molecule has 3 N–H and O–H groups in total. The molecule has 0 aromatic heterocycles. The van der Waals surface area contributed by atoms with Crippen LogP contribution in [-0.4, -0.2) is 88.7 Å². The van der Waals surface area contributed by atoms with Gasteiger partial charge in [-0.15, -0.1) is 0 Å². The highest BCUT2D eigenvalue weighted by Gasteiger charge is 2.54. The Bertz CT molecular complexity index is 1040. The highest BCUT2D eigenvalue weighted by Crippen LogP contribution is 2.36. The van der Waals surface area contributed by atoms with Crippen LogP contribution in [0.4, 0.5) is 0 Å². The van der Waals surface area contributed by atoms with E-state index in [9.17, 15) is 39.0 Å². The van der Waals surface area contributed by atoms with Crippen LogP contribution in [0.3, 0.4) is 0 Å². The third kappa shape index (κ3) is 6.29. The maximum Gasteiger partial charge on any atom is 0.341 e. The molecule has 14 heteroatoms. The summed E-state index contributed by atoms with van der Waals surface area (Å²) in [5, 5.41) is 27.7. The van der Waals surface area contributed by atoms with Crippen LogP contribution in [0.1, 0.15) is 27.7 Å². The van der Waals surface area contributed by atoms with Crippen molar-refractivity contribution in [2.24, 2.45) is 0 Å². The Morgan fingerprint density at radius 1 is 0.914 bits per heavy atom. The van der Waals surface area contributed by atoms with E-state index in [-0.39, 0.29) is 0 Å². The number of carbonyl (C=O) groups excluding carboxylic acids is 5. The summed E-state index contributed by atoms with van der Waals surface area (Å²) >= 11 is 0. The number of carboxylic acid groups (broad SMARTS) is 1. The number of hydrogen-bond donors (Lipinski definition) is 3. The second kappa shape index (κ2) is 10.9. The molecule has 0 aromatic rings. The summed E-state index contributed by atoms with van der Waals surface area (Å²) in [6, 6.07) is 0. The number of esters is 4. The molecule has 0 bridgehead atoms. The molecule has 2 aliphatic rings. The number of rotatable bonds is 7. The summed E-state index contributed by atoms with van der Waals surface area (Å²) in [7, 11) is 0. The zero-order valence-corrected chi connectivity index (χ0v) is 19.1. The number of carbonyl (C=O) groups is 6. The lowest BCUT2D eigenvalue weighted by Crippen LogP contribution is -2.63. The molecule has 1 aliphatic heterocycles. The maximum atomic E-state index is 12.3. The first-order chi connectivity index (χ1) is 16.2. The normalized spacial score (nSPS) is 26.4. The summed E-state index contributed by atoms with van der Waals surface area (Å²) in [4.78, 5) is 70.8. The summed E-state index contributed by atoms with van der Waals surface area (Å²) < 4.78 is 26.4. The highest BCUT2D eigenvalue weighted by molar-refractivity contribution is 6.54. The quantitative estimate of drug-likeness (QED) is 0.231. The van der Waals surface area contributed by atoms with Crippen LogP contribution in [0.25, 0.3) is 0 Å². The Labute approximate surface area is 197 Å². The van der Waals surface area contributed by atoms with Crippen molar-refractivity contribution in [3.63, 3.8) is 0 Å². The molecule has 1 heterocycles. The molecule has 0 amide bonds. The van der Waals surface area contributed by atoms with Crippen molar-refractivity contribution in [2.75, 3.05) is 6.61 Å². The van der Waals surface area contributed by atoms with E-state index in [1.165, 1.54) is 0 Å². The van der Waals surface area contributed by atoms with Gasteiger partial charge in [-0.3, -0.25) is 29.4 Å². The Hall–Kier alpha value is -4.07. The Kier molecular flexibility index (Phi) is 8.47. The van der Waals surface area contributed by atoms with Gasteiger partial charge in [0.05, 0.1) is 0 Å². The summed E-state index contributed by atoms with van der Waals surface area (Å²) in [5.74, 6) is -7.40. The largest absolute Gasteiger partial charge is 0.507 e. The molecule has 5 atom stereocenters. The predicted molar refractivity (Wildman–Crippen MR) is 110 cm³/mol. The van der Waals surface area contributed by atoms with Crippen LogP contribution in [0.2, 0.25) is 0 Å². The van der Waals surface area contributed by atoms with Gasteiger partial charge in [0.25, 0.3) is 0 Å². The standard InChI is InChI=1S/C21H23NO13/c1-7(23)31-6-13-18(32-8(2)24)20(34-10(4)26)19(33-9(3)25)17(35-13)11-5-12(27)15(22)14(16(11)28)21(29)30/h5,13,17-20,22,28H,6H2,1-4H3,(H,29,30)/t13-,17+,18-,19+,20-/m1/s1. The lowest BCUT2D eigenvalue weighted by atomic mass is 9.85. The monoisotopic (exact) mass is 497 g/mol. The molecule has 0 unspecified atom stereocenters. The molecule has 35 heavy (non-hydrogen) atoms. The minimum atomic E-state index is -1.79. The second-order valence-electron chi connectivity index (χ2n) is 7.49. The van der Waals surface area contributed by atoms with Gasteiger partial charge in [0.2, 0.25) is 5.78 Å². The van der Waals surface area contributed by atoms with Crippen molar-refractivity contribution in [1.82, 2.24) is 0 Å². The molecule has 0 spiro atoms. The molecule has 190 valence electrons. The summed E-state index contributed by atoms with van der Waals surface area (Å²) in [6.45, 7) is 3.53. The van der Waals surface area contributed by atoms with Crippen molar-refractivity contribution in [3.8, 4) is 0 Å². The molecular weight excluding hydrogens is 474 g/mol. The highest BCUT2D eigenvalue weighted by atomic mass is 16.7. The maximum absolute atomic E-state index is 12.3. The van der Waals surface area contributed by atoms with E-state index in [4.69, 9.17) is 29.1 Å². The molecule has 2 rings (SSSR count). The Morgan fingerprint density at radius 2 is 1.43 bits per heavy atom. The van der Waals surface area contributed by atoms with E-state index in [1.54, 1.807) is 0 Å². The van der Waals surface area contributed by atoms with Crippen LogP contribution in [0, 0.1) is 5.41 Å². The molecule has 0 radical (unpaired) electrons. The minimum Gasteiger partial charge on any atom is -0.507 e. The van der Waals surface area contributed by atoms with Crippen LogP contribution in [0.15, 0.2) is 23.0 Å². The minimum absolute atomic E-state index is 0.513. The first-order valence-electron chi connectivity index (χ1n) is 10.1. The number of hydrogen-bond acceptors (Lipinski definition) is 13. The zero-order valence-electron chi connectivity index (χ0n) is 19.1. The number of aliphatic hydroxyl groups is 1. The lowest BCUT2D eigenvalue weighted by molar-refractivity contribution is -0.246. The number of carboxylic acids is 1. The molecule has 1 fully saturated rings. The number of aliphatic carboxylic acids is 1. The predicted octanol–water partition coefficient (Wildman–Crippen LogP) is -0.462. The van der Waals surface area contributed by atoms with Gasteiger partial charge < -0.3 is 33.9 Å². The number of aliphatic hydroxyl groups excluding tert-OH is 1. The van der Waals surface area contributed by atoms with Gasteiger partial charge in [0.1, 0.15) is 35.9 Å². The van der Waals surface area contributed by atoms with E-state index >= 15 is 0 Å². The van der Waals surface area contributed by atoms with E-state index in [2.05, 4.69) is 0 Å². The Balaban J connectivity index is 2.70. The fourth-order valence-corrected chi connectivity index (χ4v) is 3.57. The van der Waals surface area contributed by atoms with Gasteiger partial charge in [0.15, 0.2) is 18.3 Å². The molecule has 1 saturated heterocycles. The summed E-state index contributed by atoms with van der Waals surface area (Å²) in [5.41, 5.74) is -2.56. The molecule has 0 aromatic carbocycles. The Morgan fingerprint density at radius 3 is 1.91 bits per heavy atom. The number of allylic oxidation sites excluding steroid dienone is 1. The van der Waals surface area contributed by atoms with Gasteiger partial charge in [0, 0.05) is 33.3 Å². The first-order valence-corrected chi connectivity index (χ1v) is 10.1. The first kappa shape index (κ1) is 27.2. The van der Waals surface area contributed by atoms with Gasteiger partial charge in [-0.1, -0.05) is 0 Å². The number of nitrogens with one attached hydrogen (secondary N) is 1. The van der Waals surface area contributed by atoms with Crippen LogP contribution >= 0.6 is 0 Å². The SMILES string of the molecule is CC(=O)OC[C@H]1O[C@@H](C2=CC(=O)C(=N)C(C(=O)O)=C2O)[C@H](OC(C)=O)[C@H](OC(C)=O)[C@@H]1OC(C)=O. The van der Waals surface area contributed by atoms with Gasteiger partial charge >= 0.3 is 29.8 Å². The summed E-state index contributed by atoms with van der Waals surface area (Å²) in [6.07, 6.45) is -7.12. The van der Waals surface area contributed by atoms with Gasteiger partial charge in [-0.05, 0) is 6.08 Å². The van der Waals surface area contributed by atoms with Crippen molar-refractivity contribution < 1.29 is 62.7 Å². The van der Waals surface area contributed by atoms with Crippen molar-refractivity contribution in [2.45, 2.75) is 58.2 Å². The van der Waals surface area contributed by atoms with Gasteiger partial charge in [-0.25, -0.2) is 4.79 Å². The third-order valence-corrected chi connectivity index (χ3v) is 4.80. The average Bonchev–Trinajstić information content (AvgIpc) is 2.71. The molecular formula is C21H23NO13. The smallest absolute Gasteiger partial charge is 0.341 e. The molecule has 1 aliphatic carbocycles. The van der Waals surface area contributed by atoms with Crippen LogP contribution in [0.5, 0.6) is 0 Å². The van der Waals surface area contributed by atoms with Crippen molar-refractivity contribution in [1.29, 1.82) is 5.41 Å². The van der Waals surface area contributed by atoms with Crippen LogP contribution < -0.4 is 0 Å². The topological polar surface area (TPSA) is 213 Å². The lowest BCUT2D eigenvalue weighted by Gasteiger charge is -2.45. The second-order valence-corrected chi connectivity index (χ2v) is 7.49. The molecule has 0 saturated carbocycles. The fourth-order valence-electron chi connectivity index (χ4n) is 3.57. The van der Waals surface area contributed by atoms with Gasteiger partial charge in [-0.2, -0.15) is 0 Å². The van der Waals surface area contributed by atoms with E-state index < -0.39 is 95.4 Å². The number of ether oxygens (including phenoxy) is 5. The van der Waals surface area contributed by atoms with E-state index in [1.807, 2.05) is 0 Å². The van der Waals surface area contributed by atoms with E-state index in [0.717, 1.165) is 27.7 Å². The number of ketones is 1. The van der Waals surface area contributed by atoms with Crippen molar-refractivity contribution >= 4 is 41.3 Å². The van der Waals surface area contributed by atoms with Crippen molar-refractivity contribution in [3.05, 3.63) is 23.0 Å². The third-order valence-electron chi connectivity index (χ3n) is 4.80.